The van der Waals surface area contributed by atoms with E-state index in [1.165, 1.54) is 14.7 Å². The van der Waals surface area contributed by atoms with Crippen molar-refractivity contribution in [2.45, 2.75) is 72.1 Å². The van der Waals surface area contributed by atoms with Crippen LogP contribution in [0.5, 0.6) is 0 Å². The molecule has 202 valence electrons. The van der Waals surface area contributed by atoms with Crippen LogP contribution in [0.4, 0.5) is 15.3 Å². The van der Waals surface area contributed by atoms with Crippen molar-refractivity contribution in [3.05, 3.63) is 15.8 Å². The van der Waals surface area contributed by atoms with Gasteiger partial charge in [0.2, 0.25) is 6.41 Å². The van der Waals surface area contributed by atoms with Gasteiger partial charge in [-0.2, -0.15) is 0 Å². The first-order valence-electron chi connectivity index (χ1n) is 12.1. The topological polar surface area (TPSA) is 117 Å². The lowest BCUT2D eigenvalue weighted by molar-refractivity contribution is -0.108. The van der Waals surface area contributed by atoms with Crippen LogP contribution in [0.1, 0.15) is 69.4 Å². The van der Waals surface area contributed by atoms with Gasteiger partial charge in [-0.1, -0.05) is 11.8 Å². The number of carbonyl (C=O) groups excluding carboxylic acids is 3. The maximum Gasteiger partial charge on any atom is 0.410 e. The van der Waals surface area contributed by atoms with E-state index in [0.717, 1.165) is 11.3 Å². The normalized spacial score (nSPS) is 18.8. The molecular weight excluding hydrogens is 498 g/mol. The van der Waals surface area contributed by atoms with Crippen molar-refractivity contribution in [3.63, 3.8) is 0 Å². The molecule has 0 spiro atoms. The number of rotatable bonds is 5. The van der Waals surface area contributed by atoms with E-state index in [4.69, 9.17) is 9.47 Å². The van der Waals surface area contributed by atoms with Crippen molar-refractivity contribution in [1.82, 2.24) is 9.80 Å². The Morgan fingerprint density at radius 2 is 1.81 bits per heavy atom. The highest BCUT2D eigenvalue weighted by atomic mass is 32.1. The third-order valence-corrected chi connectivity index (χ3v) is 6.74. The SMILES string of the molecule is CC(C)(C)C#Cc1cc(N(C=O)[C@H]2CCN(C(=O)OC3(C)CN(C(=O)OC(C)(C)C)C3)C2)c(C(=O)O)s1. The van der Waals surface area contributed by atoms with Gasteiger partial charge in [0.25, 0.3) is 0 Å². The van der Waals surface area contributed by atoms with Gasteiger partial charge >= 0.3 is 18.2 Å². The van der Waals surface area contributed by atoms with E-state index in [1.807, 2.05) is 20.8 Å². The standard InChI is InChI=1S/C26H35N3O7S/c1-24(2,3)10-8-18-12-19(20(37-18)21(31)32)29(16-30)17-9-11-27(13-17)22(33)36-26(7)14-28(15-26)23(34)35-25(4,5)6/h12,16-17H,9,11,13-15H2,1-7H3,(H,31,32)/t17-/m0/s1. The van der Waals surface area contributed by atoms with Gasteiger partial charge in [0.15, 0.2) is 0 Å². The van der Waals surface area contributed by atoms with Crippen LogP contribution in [-0.2, 0) is 14.3 Å². The Kier molecular flexibility index (Phi) is 7.84. The van der Waals surface area contributed by atoms with Gasteiger partial charge < -0.3 is 29.3 Å². The molecule has 1 aromatic heterocycles. The second kappa shape index (κ2) is 10.2. The molecule has 0 saturated carbocycles. The largest absolute Gasteiger partial charge is 0.477 e. The van der Waals surface area contributed by atoms with Gasteiger partial charge in [-0.15, -0.1) is 11.3 Å². The number of amides is 3. The molecule has 1 aromatic rings. The average molecular weight is 534 g/mol. The van der Waals surface area contributed by atoms with Crippen LogP contribution in [0.15, 0.2) is 6.07 Å². The van der Waals surface area contributed by atoms with E-state index >= 15 is 0 Å². The molecule has 0 radical (unpaired) electrons. The lowest BCUT2D eigenvalue weighted by atomic mass is 9.97. The smallest absolute Gasteiger partial charge is 0.410 e. The van der Waals surface area contributed by atoms with E-state index in [1.54, 1.807) is 33.8 Å². The highest BCUT2D eigenvalue weighted by molar-refractivity contribution is 7.15. The molecule has 0 aliphatic carbocycles. The number of hydrogen-bond acceptors (Lipinski definition) is 7. The monoisotopic (exact) mass is 533 g/mol. The second-order valence-electron chi connectivity index (χ2n) is 11.7. The number of likely N-dealkylation sites (tertiary alicyclic amines) is 2. The molecule has 3 rings (SSSR count). The number of aromatic carboxylic acids is 1. The van der Waals surface area contributed by atoms with Crippen molar-refractivity contribution < 1.29 is 33.8 Å². The van der Waals surface area contributed by atoms with Gasteiger partial charge in [0, 0.05) is 18.5 Å². The summed E-state index contributed by atoms with van der Waals surface area (Å²) in [7, 11) is 0. The van der Waals surface area contributed by atoms with Crippen molar-refractivity contribution in [2.75, 3.05) is 31.1 Å². The fraction of sp³-hybridized carbons (Fsp3) is 0.615. The number of carbonyl (C=O) groups is 4. The average Bonchev–Trinajstić information content (AvgIpc) is 3.37. The van der Waals surface area contributed by atoms with Crippen molar-refractivity contribution >= 4 is 41.6 Å². The summed E-state index contributed by atoms with van der Waals surface area (Å²) in [5.41, 5.74) is -1.44. The lowest BCUT2D eigenvalue weighted by Crippen LogP contribution is -2.64. The first-order chi connectivity index (χ1) is 17.0. The summed E-state index contributed by atoms with van der Waals surface area (Å²) in [5, 5.41) is 9.72. The molecule has 11 heteroatoms. The van der Waals surface area contributed by atoms with E-state index in [0.29, 0.717) is 24.3 Å². The van der Waals surface area contributed by atoms with Crippen LogP contribution < -0.4 is 4.90 Å². The molecule has 2 aliphatic rings. The fourth-order valence-electron chi connectivity index (χ4n) is 4.07. The maximum atomic E-state index is 12.9. The second-order valence-corrected chi connectivity index (χ2v) is 12.7. The molecule has 0 aromatic carbocycles. The van der Waals surface area contributed by atoms with Crippen LogP contribution in [-0.4, -0.2) is 82.9 Å². The maximum absolute atomic E-state index is 12.9. The zero-order valence-electron chi connectivity index (χ0n) is 22.4. The number of carboxylic acid groups (broad SMARTS) is 1. The third kappa shape index (κ3) is 7.16. The third-order valence-electron chi connectivity index (χ3n) is 5.71. The summed E-state index contributed by atoms with van der Waals surface area (Å²) in [6.45, 7) is 14.0. The molecule has 2 aliphatic heterocycles. The minimum atomic E-state index is -1.14. The summed E-state index contributed by atoms with van der Waals surface area (Å²) in [6.07, 6.45) is 0.0635. The summed E-state index contributed by atoms with van der Waals surface area (Å²) < 4.78 is 11.0. The zero-order valence-corrected chi connectivity index (χ0v) is 23.2. The number of ether oxygens (including phenoxy) is 2. The Morgan fingerprint density at radius 1 is 1.16 bits per heavy atom. The van der Waals surface area contributed by atoms with Crippen molar-refractivity contribution in [1.29, 1.82) is 0 Å². The van der Waals surface area contributed by atoms with Crippen LogP contribution in [0.3, 0.4) is 0 Å². The molecule has 10 nitrogen and oxygen atoms in total. The minimum absolute atomic E-state index is 0.0237. The molecule has 3 heterocycles. The quantitative estimate of drug-likeness (QED) is 0.449. The Morgan fingerprint density at radius 3 is 2.35 bits per heavy atom. The first kappa shape index (κ1) is 28.3. The zero-order chi connectivity index (χ0) is 27.8. The predicted octanol–water partition coefficient (Wildman–Crippen LogP) is 4.03. The highest BCUT2D eigenvalue weighted by Crippen LogP contribution is 2.34. The molecule has 2 fully saturated rings. The highest BCUT2D eigenvalue weighted by Gasteiger charge is 2.47. The molecule has 1 atom stereocenters. The van der Waals surface area contributed by atoms with E-state index in [2.05, 4.69) is 11.8 Å². The molecule has 1 N–H and O–H groups in total. The van der Waals surface area contributed by atoms with E-state index in [-0.39, 0.29) is 35.6 Å². The van der Waals surface area contributed by atoms with Gasteiger partial charge in [0.05, 0.1) is 29.7 Å². The number of carboxylic acids is 1. The number of thiophene rings is 1. The Balaban J connectivity index is 1.65. The minimum Gasteiger partial charge on any atom is -0.477 e. The summed E-state index contributed by atoms with van der Waals surface area (Å²) in [5.74, 6) is 4.94. The van der Waals surface area contributed by atoms with Crippen LogP contribution >= 0.6 is 11.3 Å². The van der Waals surface area contributed by atoms with Crippen LogP contribution in [0.2, 0.25) is 0 Å². The van der Waals surface area contributed by atoms with Gasteiger partial charge in [-0.05, 0) is 61.0 Å². The van der Waals surface area contributed by atoms with Gasteiger partial charge in [0.1, 0.15) is 16.1 Å². The van der Waals surface area contributed by atoms with Gasteiger partial charge in [-0.25, -0.2) is 14.4 Å². The lowest BCUT2D eigenvalue weighted by Gasteiger charge is -2.47. The first-order valence-corrected chi connectivity index (χ1v) is 12.9. The van der Waals surface area contributed by atoms with Crippen molar-refractivity contribution in [2.24, 2.45) is 5.41 Å². The Labute approximate surface area is 221 Å². The summed E-state index contributed by atoms with van der Waals surface area (Å²) in [4.78, 5) is 53.9. The van der Waals surface area contributed by atoms with Gasteiger partial charge in [-0.3, -0.25) is 4.79 Å². The predicted molar refractivity (Wildman–Crippen MR) is 139 cm³/mol. The Hall–Kier alpha value is -3.26. The summed E-state index contributed by atoms with van der Waals surface area (Å²) >= 11 is 1.02. The molecule has 3 amide bonds. The Bertz CT molecular complexity index is 1130. The number of anilines is 1. The molecular formula is C26H35N3O7S. The summed E-state index contributed by atoms with van der Waals surface area (Å²) in [6, 6.07) is 1.21. The van der Waals surface area contributed by atoms with Crippen LogP contribution in [0, 0.1) is 17.3 Å². The molecule has 0 bridgehead atoms. The van der Waals surface area contributed by atoms with E-state index < -0.39 is 35.4 Å². The number of nitrogens with zero attached hydrogens (tertiary/aromatic N) is 3. The fourth-order valence-corrected chi connectivity index (χ4v) is 4.92. The van der Waals surface area contributed by atoms with Crippen molar-refractivity contribution in [3.8, 4) is 11.8 Å². The molecule has 0 unspecified atom stereocenters. The van der Waals surface area contributed by atoms with E-state index in [9.17, 15) is 24.3 Å². The molecule has 37 heavy (non-hydrogen) atoms. The molecule has 2 saturated heterocycles. The number of hydrogen-bond donors (Lipinski definition) is 1. The van der Waals surface area contributed by atoms with Crippen LogP contribution in [0.25, 0.3) is 0 Å².